The standard InChI is InChI=1S/C22H20O3/c23-20-14-6-4-12-18(20)22(24)19-13-5-7-15-21(19)25-16-8-11-17-9-2-1-3-10-17/h1-15,22-24H,16H2/b11-8-. The molecule has 3 nitrogen and oxygen atoms in total. The number of phenols is 1. The fraction of sp³-hybridized carbons (Fsp3) is 0.0909. The van der Waals surface area contributed by atoms with Crippen LogP contribution in [-0.4, -0.2) is 16.8 Å². The Hall–Kier alpha value is -3.04. The zero-order valence-electron chi connectivity index (χ0n) is 13.7. The van der Waals surface area contributed by atoms with E-state index < -0.39 is 6.10 Å². The molecule has 0 saturated heterocycles. The Morgan fingerprint density at radius 1 is 0.800 bits per heavy atom. The number of hydrogen-bond donors (Lipinski definition) is 2. The van der Waals surface area contributed by atoms with Gasteiger partial charge in [0, 0.05) is 11.1 Å². The van der Waals surface area contributed by atoms with E-state index in [-0.39, 0.29) is 5.75 Å². The summed E-state index contributed by atoms with van der Waals surface area (Å²) in [5.74, 6) is 0.657. The Morgan fingerprint density at radius 2 is 1.44 bits per heavy atom. The summed E-state index contributed by atoms with van der Waals surface area (Å²) in [6.45, 7) is 0.388. The molecule has 0 aliphatic rings. The zero-order chi connectivity index (χ0) is 17.5. The highest BCUT2D eigenvalue weighted by atomic mass is 16.5. The zero-order valence-corrected chi connectivity index (χ0v) is 13.7. The molecule has 0 bridgehead atoms. The number of rotatable bonds is 6. The summed E-state index contributed by atoms with van der Waals surface area (Å²) in [5.41, 5.74) is 2.18. The molecule has 0 aliphatic carbocycles. The van der Waals surface area contributed by atoms with Gasteiger partial charge in [0.2, 0.25) is 0 Å². The first-order valence-electron chi connectivity index (χ1n) is 8.15. The molecule has 0 radical (unpaired) electrons. The number of ether oxygens (including phenoxy) is 1. The number of aliphatic hydroxyl groups excluding tert-OH is 1. The lowest BCUT2D eigenvalue weighted by Crippen LogP contribution is -2.04. The fourth-order valence-electron chi connectivity index (χ4n) is 2.61. The van der Waals surface area contributed by atoms with Gasteiger partial charge in [0.15, 0.2) is 0 Å². The Balaban J connectivity index is 1.73. The van der Waals surface area contributed by atoms with Crippen LogP contribution in [0.1, 0.15) is 22.8 Å². The average molecular weight is 332 g/mol. The van der Waals surface area contributed by atoms with Crippen LogP contribution in [0.2, 0.25) is 0 Å². The SMILES string of the molecule is Oc1ccccc1C(O)c1ccccc1OC/C=C\c1ccccc1. The van der Waals surface area contributed by atoms with Crippen LogP contribution >= 0.6 is 0 Å². The number of aliphatic hydroxyl groups is 1. The van der Waals surface area contributed by atoms with Gasteiger partial charge in [-0.3, -0.25) is 0 Å². The van der Waals surface area contributed by atoms with E-state index in [0.717, 1.165) is 5.56 Å². The maximum atomic E-state index is 10.6. The lowest BCUT2D eigenvalue weighted by molar-refractivity contribution is 0.208. The van der Waals surface area contributed by atoms with Gasteiger partial charge in [0.1, 0.15) is 24.2 Å². The predicted molar refractivity (Wildman–Crippen MR) is 99.6 cm³/mol. The normalized spacial score (nSPS) is 12.2. The molecule has 1 unspecified atom stereocenters. The summed E-state index contributed by atoms with van der Waals surface area (Å²) in [7, 11) is 0. The van der Waals surface area contributed by atoms with Crippen molar-refractivity contribution in [3.8, 4) is 11.5 Å². The van der Waals surface area contributed by atoms with Gasteiger partial charge < -0.3 is 14.9 Å². The summed E-state index contributed by atoms with van der Waals surface area (Å²) >= 11 is 0. The Labute approximate surface area is 147 Å². The van der Waals surface area contributed by atoms with Gasteiger partial charge in [-0.25, -0.2) is 0 Å². The van der Waals surface area contributed by atoms with Gasteiger partial charge in [-0.2, -0.15) is 0 Å². The summed E-state index contributed by atoms with van der Waals surface area (Å²) in [5, 5.41) is 20.6. The van der Waals surface area contributed by atoms with Crippen molar-refractivity contribution in [3.05, 3.63) is 102 Å². The lowest BCUT2D eigenvalue weighted by Gasteiger charge is -2.16. The number of hydrogen-bond acceptors (Lipinski definition) is 3. The van der Waals surface area contributed by atoms with E-state index >= 15 is 0 Å². The molecule has 0 fully saturated rings. The number of para-hydroxylation sites is 2. The second kappa shape index (κ2) is 8.18. The van der Waals surface area contributed by atoms with Crippen molar-refractivity contribution < 1.29 is 14.9 Å². The van der Waals surface area contributed by atoms with Crippen LogP contribution in [0, 0.1) is 0 Å². The molecule has 3 heteroatoms. The van der Waals surface area contributed by atoms with Gasteiger partial charge in [-0.1, -0.05) is 72.8 Å². The lowest BCUT2D eigenvalue weighted by atomic mass is 10.00. The van der Waals surface area contributed by atoms with E-state index in [1.807, 2.05) is 60.7 Å². The number of aromatic hydroxyl groups is 1. The quantitative estimate of drug-likeness (QED) is 0.695. The van der Waals surface area contributed by atoms with E-state index in [0.29, 0.717) is 23.5 Å². The van der Waals surface area contributed by atoms with Crippen LogP contribution in [0.5, 0.6) is 11.5 Å². The van der Waals surface area contributed by atoms with E-state index in [1.54, 1.807) is 30.3 Å². The largest absolute Gasteiger partial charge is 0.508 e. The van der Waals surface area contributed by atoms with E-state index in [9.17, 15) is 10.2 Å². The fourth-order valence-corrected chi connectivity index (χ4v) is 2.61. The van der Waals surface area contributed by atoms with Crippen molar-refractivity contribution in [1.82, 2.24) is 0 Å². The minimum absolute atomic E-state index is 0.0637. The maximum Gasteiger partial charge on any atom is 0.125 e. The van der Waals surface area contributed by atoms with Crippen molar-refractivity contribution in [2.24, 2.45) is 0 Å². The van der Waals surface area contributed by atoms with Gasteiger partial charge in [-0.05, 0) is 23.8 Å². The highest BCUT2D eigenvalue weighted by molar-refractivity contribution is 5.49. The molecular formula is C22H20O3. The molecule has 25 heavy (non-hydrogen) atoms. The topological polar surface area (TPSA) is 49.7 Å². The molecule has 0 aliphatic heterocycles. The Morgan fingerprint density at radius 3 is 2.20 bits per heavy atom. The van der Waals surface area contributed by atoms with Crippen LogP contribution in [0.3, 0.4) is 0 Å². The highest BCUT2D eigenvalue weighted by Crippen LogP contribution is 2.33. The molecule has 0 heterocycles. The van der Waals surface area contributed by atoms with E-state index in [2.05, 4.69) is 0 Å². The molecule has 0 spiro atoms. The van der Waals surface area contributed by atoms with Crippen molar-refractivity contribution >= 4 is 6.08 Å². The van der Waals surface area contributed by atoms with Crippen molar-refractivity contribution in [1.29, 1.82) is 0 Å². The molecule has 1 atom stereocenters. The smallest absolute Gasteiger partial charge is 0.125 e. The minimum Gasteiger partial charge on any atom is -0.508 e. The van der Waals surface area contributed by atoms with Gasteiger partial charge in [-0.15, -0.1) is 0 Å². The molecular weight excluding hydrogens is 312 g/mol. The molecule has 0 amide bonds. The van der Waals surface area contributed by atoms with Crippen LogP contribution in [0.15, 0.2) is 84.9 Å². The molecule has 0 aromatic heterocycles. The molecule has 2 N–H and O–H groups in total. The van der Waals surface area contributed by atoms with Gasteiger partial charge >= 0.3 is 0 Å². The molecule has 3 aromatic rings. The Kier molecular flexibility index (Phi) is 5.50. The summed E-state index contributed by atoms with van der Waals surface area (Å²) in [4.78, 5) is 0. The third-order valence-electron chi connectivity index (χ3n) is 3.89. The average Bonchev–Trinajstić information content (AvgIpc) is 2.66. The van der Waals surface area contributed by atoms with Crippen LogP contribution in [-0.2, 0) is 0 Å². The third-order valence-corrected chi connectivity index (χ3v) is 3.89. The second-order valence-corrected chi connectivity index (χ2v) is 5.62. The summed E-state index contributed by atoms with van der Waals surface area (Å²) in [6.07, 6.45) is 2.97. The van der Waals surface area contributed by atoms with Gasteiger partial charge in [0.05, 0.1) is 0 Å². The molecule has 0 saturated carbocycles. The second-order valence-electron chi connectivity index (χ2n) is 5.62. The van der Waals surface area contributed by atoms with E-state index in [1.165, 1.54) is 0 Å². The first-order chi connectivity index (χ1) is 12.3. The maximum absolute atomic E-state index is 10.6. The summed E-state index contributed by atoms with van der Waals surface area (Å²) < 4.78 is 5.81. The van der Waals surface area contributed by atoms with Gasteiger partial charge in [0.25, 0.3) is 0 Å². The first kappa shape index (κ1) is 16.8. The van der Waals surface area contributed by atoms with Crippen LogP contribution < -0.4 is 4.74 Å². The van der Waals surface area contributed by atoms with Crippen molar-refractivity contribution in [2.75, 3.05) is 6.61 Å². The Bertz CT molecular complexity index is 841. The van der Waals surface area contributed by atoms with E-state index in [4.69, 9.17) is 4.74 Å². The van der Waals surface area contributed by atoms with Crippen LogP contribution in [0.4, 0.5) is 0 Å². The molecule has 3 aromatic carbocycles. The molecule has 126 valence electrons. The monoisotopic (exact) mass is 332 g/mol. The summed E-state index contributed by atoms with van der Waals surface area (Å²) in [6, 6.07) is 24.1. The highest BCUT2D eigenvalue weighted by Gasteiger charge is 2.17. The van der Waals surface area contributed by atoms with Crippen molar-refractivity contribution in [3.63, 3.8) is 0 Å². The van der Waals surface area contributed by atoms with Crippen molar-refractivity contribution in [2.45, 2.75) is 6.10 Å². The number of phenolic OH excluding ortho intramolecular Hbond substituents is 1. The number of benzene rings is 3. The molecule has 3 rings (SSSR count). The van der Waals surface area contributed by atoms with Crippen LogP contribution in [0.25, 0.3) is 6.08 Å². The minimum atomic E-state index is -0.949. The first-order valence-corrected chi connectivity index (χ1v) is 8.15. The predicted octanol–water partition coefficient (Wildman–Crippen LogP) is 4.57. The third kappa shape index (κ3) is 4.28.